The minimum absolute atomic E-state index is 0.0196. The van der Waals surface area contributed by atoms with Gasteiger partial charge in [0, 0.05) is 0 Å². The second-order valence-corrected chi connectivity index (χ2v) is 1.45. The maximum atomic E-state index is 11.8. The van der Waals surface area contributed by atoms with Crippen molar-refractivity contribution in [3.05, 3.63) is 0 Å². The standard InChI is InChI=1S/C5H8FNO/c1-5(6)4-8-3-2-7/h5H,3-4H2,1H3. The summed E-state index contributed by atoms with van der Waals surface area (Å²) in [6.07, 6.45) is -0.969. The van der Waals surface area contributed by atoms with E-state index in [0.717, 1.165) is 0 Å². The Kier molecular flexibility index (Phi) is 4.19. The summed E-state index contributed by atoms with van der Waals surface area (Å²) in [5, 5.41) is 7.88. The molecular weight excluding hydrogens is 109 g/mol. The van der Waals surface area contributed by atoms with E-state index in [0.29, 0.717) is 0 Å². The summed E-state index contributed by atoms with van der Waals surface area (Å²) in [4.78, 5) is 0. The molecule has 0 heterocycles. The van der Waals surface area contributed by atoms with Crippen molar-refractivity contribution < 1.29 is 9.13 Å². The van der Waals surface area contributed by atoms with Crippen molar-refractivity contribution in [3.8, 4) is 6.07 Å². The van der Waals surface area contributed by atoms with Crippen molar-refractivity contribution in [3.63, 3.8) is 0 Å². The van der Waals surface area contributed by atoms with Crippen molar-refractivity contribution in [2.24, 2.45) is 0 Å². The molecule has 0 rings (SSSR count). The molecule has 1 atom stereocenters. The summed E-state index contributed by atoms with van der Waals surface area (Å²) >= 11 is 0. The highest BCUT2D eigenvalue weighted by molar-refractivity contribution is 4.66. The third-order valence-corrected chi connectivity index (χ3v) is 0.514. The molecule has 0 N–H and O–H groups in total. The van der Waals surface area contributed by atoms with Crippen LogP contribution in [0.5, 0.6) is 0 Å². The molecule has 0 aliphatic heterocycles. The molecule has 3 heteroatoms. The van der Waals surface area contributed by atoms with Gasteiger partial charge < -0.3 is 4.74 Å². The van der Waals surface area contributed by atoms with Gasteiger partial charge in [0.25, 0.3) is 0 Å². The molecule has 0 fully saturated rings. The van der Waals surface area contributed by atoms with Crippen LogP contribution < -0.4 is 0 Å². The lowest BCUT2D eigenvalue weighted by Crippen LogP contribution is -2.05. The molecule has 46 valence electrons. The molecule has 2 nitrogen and oxygen atoms in total. The highest BCUT2D eigenvalue weighted by atomic mass is 19.1. The van der Waals surface area contributed by atoms with Crippen LogP contribution >= 0.6 is 0 Å². The van der Waals surface area contributed by atoms with Gasteiger partial charge in [-0.3, -0.25) is 0 Å². The maximum absolute atomic E-state index is 11.8. The molecule has 0 radical (unpaired) electrons. The van der Waals surface area contributed by atoms with Crippen molar-refractivity contribution >= 4 is 0 Å². The number of nitriles is 1. The van der Waals surface area contributed by atoms with Gasteiger partial charge in [-0.15, -0.1) is 0 Å². The molecule has 8 heavy (non-hydrogen) atoms. The van der Waals surface area contributed by atoms with Crippen LogP contribution in [0.2, 0.25) is 0 Å². The summed E-state index contributed by atoms with van der Waals surface area (Å²) < 4.78 is 16.3. The highest BCUT2D eigenvalue weighted by Gasteiger charge is 1.94. The summed E-state index contributed by atoms with van der Waals surface area (Å²) in [5.74, 6) is 0. The van der Waals surface area contributed by atoms with Gasteiger partial charge in [-0.2, -0.15) is 5.26 Å². The number of halogens is 1. The highest BCUT2D eigenvalue weighted by Crippen LogP contribution is 1.87. The van der Waals surface area contributed by atoms with Crippen LogP contribution in [0, 0.1) is 11.3 Å². The van der Waals surface area contributed by atoms with Crippen LogP contribution in [0.25, 0.3) is 0 Å². The van der Waals surface area contributed by atoms with Gasteiger partial charge in [0.2, 0.25) is 0 Å². The minimum Gasteiger partial charge on any atom is -0.364 e. The lowest BCUT2D eigenvalue weighted by molar-refractivity contribution is 0.110. The number of hydrogen-bond acceptors (Lipinski definition) is 2. The number of rotatable bonds is 3. The average Bonchev–Trinajstić information content (AvgIpc) is 1.66. The molecule has 0 saturated carbocycles. The largest absolute Gasteiger partial charge is 0.364 e. The van der Waals surface area contributed by atoms with Crippen molar-refractivity contribution in [1.82, 2.24) is 0 Å². The molecule has 0 spiro atoms. The molecule has 0 amide bonds. The van der Waals surface area contributed by atoms with E-state index in [9.17, 15) is 4.39 Å². The van der Waals surface area contributed by atoms with E-state index in [1.54, 1.807) is 6.07 Å². The summed E-state index contributed by atoms with van der Waals surface area (Å²) in [6, 6.07) is 1.73. The van der Waals surface area contributed by atoms with E-state index < -0.39 is 6.17 Å². The Balaban J connectivity index is 2.85. The summed E-state index contributed by atoms with van der Waals surface area (Å²) in [6.45, 7) is 1.39. The molecule has 0 aromatic heterocycles. The Hall–Kier alpha value is -0.620. The van der Waals surface area contributed by atoms with Crippen LogP contribution in [0.4, 0.5) is 4.39 Å². The van der Waals surface area contributed by atoms with Gasteiger partial charge in [-0.1, -0.05) is 0 Å². The van der Waals surface area contributed by atoms with Gasteiger partial charge in [-0.05, 0) is 6.92 Å². The zero-order chi connectivity index (χ0) is 6.41. The summed E-state index contributed by atoms with van der Waals surface area (Å²) in [5.41, 5.74) is 0. The Labute approximate surface area is 47.9 Å². The van der Waals surface area contributed by atoms with E-state index in [1.807, 2.05) is 0 Å². The van der Waals surface area contributed by atoms with Gasteiger partial charge in [-0.25, -0.2) is 4.39 Å². The molecule has 0 saturated heterocycles. The van der Waals surface area contributed by atoms with E-state index in [2.05, 4.69) is 4.74 Å². The zero-order valence-corrected chi connectivity index (χ0v) is 4.72. The topological polar surface area (TPSA) is 33.0 Å². The maximum Gasteiger partial charge on any atom is 0.133 e. The molecule has 0 aromatic rings. The third kappa shape index (κ3) is 5.38. The van der Waals surface area contributed by atoms with Crippen LogP contribution in [-0.4, -0.2) is 19.4 Å². The summed E-state index contributed by atoms with van der Waals surface area (Å²) in [7, 11) is 0. The average molecular weight is 117 g/mol. The molecule has 0 aliphatic carbocycles. The number of hydrogen-bond donors (Lipinski definition) is 0. The van der Waals surface area contributed by atoms with Gasteiger partial charge in [0.05, 0.1) is 12.7 Å². The van der Waals surface area contributed by atoms with Crippen molar-refractivity contribution in [2.75, 3.05) is 13.2 Å². The molecule has 0 bridgehead atoms. The van der Waals surface area contributed by atoms with E-state index >= 15 is 0 Å². The first-order valence-electron chi connectivity index (χ1n) is 2.36. The van der Waals surface area contributed by atoms with Crippen LogP contribution in [0.1, 0.15) is 6.92 Å². The lowest BCUT2D eigenvalue weighted by Gasteiger charge is -1.97. The van der Waals surface area contributed by atoms with Crippen LogP contribution in [0.15, 0.2) is 0 Å². The second-order valence-electron chi connectivity index (χ2n) is 1.45. The fourth-order valence-corrected chi connectivity index (χ4v) is 0.267. The Morgan fingerprint density at radius 3 is 2.88 bits per heavy atom. The Bertz CT molecular complexity index is 86.9. The van der Waals surface area contributed by atoms with Crippen molar-refractivity contribution in [1.29, 1.82) is 5.26 Å². The first kappa shape index (κ1) is 7.38. The quantitative estimate of drug-likeness (QED) is 0.514. The van der Waals surface area contributed by atoms with Gasteiger partial charge in [0.1, 0.15) is 12.8 Å². The van der Waals surface area contributed by atoms with Crippen LogP contribution in [-0.2, 0) is 4.74 Å². The predicted octanol–water partition coefficient (Wildman–Crippen LogP) is 0.885. The fraction of sp³-hybridized carbons (Fsp3) is 0.800. The number of alkyl halides is 1. The first-order chi connectivity index (χ1) is 3.77. The SMILES string of the molecule is CC(F)COCC#N. The van der Waals surface area contributed by atoms with E-state index in [1.165, 1.54) is 6.92 Å². The zero-order valence-electron chi connectivity index (χ0n) is 4.72. The number of nitrogens with zero attached hydrogens (tertiary/aromatic N) is 1. The van der Waals surface area contributed by atoms with Crippen LogP contribution in [0.3, 0.4) is 0 Å². The Morgan fingerprint density at radius 2 is 2.50 bits per heavy atom. The first-order valence-corrected chi connectivity index (χ1v) is 2.36. The van der Waals surface area contributed by atoms with Crippen molar-refractivity contribution in [2.45, 2.75) is 13.1 Å². The molecular formula is C5H8FNO. The second kappa shape index (κ2) is 4.54. The smallest absolute Gasteiger partial charge is 0.133 e. The minimum atomic E-state index is -0.969. The monoisotopic (exact) mass is 117 g/mol. The van der Waals surface area contributed by atoms with Gasteiger partial charge in [0.15, 0.2) is 0 Å². The molecule has 0 aromatic carbocycles. The third-order valence-electron chi connectivity index (χ3n) is 0.514. The van der Waals surface area contributed by atoms with E-state index in [4.69, 9.17) is 5.26 Å². The molecule has 0 aliphatic rings. The Morgan fingerprint density at radius 1 is 1.88 bits per heavy atom. The molecule has 1 unspecified atom stereocenters. The fourth-order valence-electron chi connectivity index (χ4n) is 0.267. The van der Waals surface area contributed by atoms with E-state index in [-0.39, 0.29) is 13.2 Å². The lowest BCUT2D eigenvalue weighted by atomic mass is 10.5. The predicted molar refractivity (Wildman–Crippen MR) is 27.0 cm³/mol. The number of ether oxygens (including phenoxy) is 1. The normalized spacial score (nSPS) is 12.6. The van der Waals surface area contributed by atoms with Gasteiger partial charge >= 0.3 is 0 Å².